The minimum atomic E-state index is -0.327. The van der Waals surface area contributed by atoms with E-state index in [9.17, 15) is 9.59 Å². The number of pyridine rings is 1. The minimum Gasteiger partial charge on any atom is -0.317 e. The number of carbonyl (C=O) groups is 1. The first-order chi connectivity index (χ1) is 12.5. The number of aryl methyl sites for hydroxylation is 1. The lowest BCUT2D eigenvalue weighted by molar-refractivity contribution is -0.139. The molecule has 1 amide bonds. The zero-order valence-electron chi connectivity index (χ0n) is 14.6. The Morgan fingerprint density at radius 1 is 1.19 bits per heavy atom. The van der Waals surface area contributed by atoms with Crippen LogP contribution in [0.3, 0.4) is 0 Å². The Morgan fingerprint density at radius 2 is 2.04 bits per heavy atom. The van der Waals surface area contributed by atoms with Crippen LogP contribution in [0.1, 0.15) is 18.5 Å². The number of amides is 1. The minimum absolute atomic E-state index is 0.0793. The van der Waals surface area contributed by atoms with E-state index in [2.05, 4.69) is 14.9 Å². The molecule has 2 aliphatic heterocycles. The van der Waals surface area contributed by atoms with E-state index in [1.807, 2.05) is 0 Å². The fourth-order valence-electron chi connectivity index (χ4n) is 3.90. The fraction of sp³-hybridized carbons (Fsp3) is 0.444. The summed E-state index contributed by atoms with van der Waals surface area (Å²) in [6.45, 7) is 3.02. The van der Waals surface area contributed by atoms with Crippen molar-refractivity contribution in [1.82, 2.24) is 19.4 Å². The molecule has 7 nitrogen and oxygen atoms in total. The van der Waals surface area contributed by atoms with Gasteiger partial charge in [0.2, 0.25) is 11.5 Å². The molecule has 1 atom stereocenters. The van der Waals surface area contributed by atoms with Crippen molar-refractivity contribution in [1.29, 1.82) is 0 Å². The molecule has 26 heavy (non-hydrogen) atoms. The van der Waals surface area contributed by atoms with Crippen LogP contribution in [0, 0.1) is 5.41 Å². The van der Waals surface area contributed by atoms with Gasteiger partial charge in [-0.25, -0.2) is 4.98 Å². The Morgan fingerprint density at radius 3 is 2.73 bits per heavy atom. The van der Waals surface area contributed by atoms with Crippen molar-refractivity contribution in [3.05, 3.63) is 51.9 Å². The number of piperidine rings is 1. The highest BCUT2D eigenvalue weighted by Gasteiger charge is 2.54. The number of likely N-dealkylation sites (tertiary alicyclic amines) is 1. The molecule has 2 saturated heterocycles. The standard InChI is InChI=1S/C18H20ClN5O2/c1-22-10-14(3-4-16(22)25)24-12-18(17(24)26)5-2-6-23(11-18)9-13-7-21-15(19)8-20-13/h3-4,7-8,10H,2,5-6,9,11-12H2,1H3/t18-/m0/s1. The summed E-state index contributed by atoms with van der Waals surface area (Å²) in [6, 6.07) is 3.22. The Kier molecular flexibility index (Phi) is 4.28. The number of hydrogen-bond donors (Lipinski definition) is 0. The number of halogens is 1. The summed E-state index contributed by atoms with van der Waals surface area (Å²) in [5.41, 5.74) is 1.23. The van der Waals surface area contributed by atoms with Gasteiger partial charge in [0, 0.05) is 38.9 Å². The number of β-lactam (4-membered cyclic amide) rings is 1. The van der Waals surface area contributed by atoms with Gasteiger partial charge in [0.15, 0.2) is 0 Å². The highest BCUT2D eigenvalue weighted by molar-refractivity contribution is 6.29. The second-order valence-corrected chi connectivity index (χ2v) is 7.54. The molecule has 0 bridgehead atoms. The van der Waals surface area contributed by atoms with Gasteiger partial charge in [-0.1, -0.05) is 11.6 Å². The van der Waals surface area contributed by atoms with E-state index in [0.717, 1.165) is 37.3 Å². The van der Waals surface area contributed by atoms with Gasteiger partial charge in [-0.3, -0.25) is 19.5 Å². The van der Waals surface area contributed by atoms with Crippen molar-refractivity contribution in [3.63, 3.8) is 0 Å². The van der Waals surface area contributed by atoms with Gasteiger partial charge in [0.25, 0.3) is 0 Å². The largest absolute Gasteiger partial charge is 0.317 e. The van der Waals surface area contributed by atoms with E-state index in [1.165, 1.54) is 10.6 Å². The quantitative estimate of drug-likeness (QED) is 0.762. The van der Waals surface area contributed by atoms with Gasteiger partial charge in [0.05, 0.1) is 29.2 Å². The smallest absolute Gasteiger partial charge is 0.250 e. The SMILES string of the molecule is Cn1cc(N2C[C@@]3(CCCN(Cc4cnc(Cl)cn4)C3)C2=O)ccc1=O. The van der Waals surface area contributed by atoms with Gasteiger partial charge >= 0.3 is 0 Å². The number of rotatable bonds is 3. The highest BCUT2D eigenvalue weighted by Crippen LogP contribution is 2.42. The average molecular weight is 374 g/mol. The molecular weight excluding hydrogens is 354 g/mol. The molecule has 2 fully saturated rings. The van der Waals surface area contributed by atoms with Gasteiger partial charge < -0.3 is 9.47 Å². The van der Waals surface area contributed by atoms with Crippen LogP contribution >= 0.6 is 11.6 Å². The van der Waals surface area contributed by atoms with Crippen LogP contribution in [0.2, 0.25) is 5.15 Å². The van der Waals surface area contributed by atoms with E-state index in [1.54, 1.807) is 36.6 Å². The molecule has 0 unspecified atom stereocenters. The van der Waals surface area contributed by atoms with E-state index in [0.29, 0.717) is 18.2 Å². The fourth-order valence-corrected chi connectivity index (χ4v) is 4.00. The molecular formula is C18H20ClN5O2. The molecule has 4 heterocycles. The lowest BCUT2D eigenvalue weighted by Crippen LogP contribution is -2.67. The molecule has 136 valence electrons. The van der Waals surface area contributed by atoms with E-state index in [4.69, 9.17) is 11.6 Å². The van der Waals surface area contributed by atoms with E-state index in [-0.39, 0.29) is 16.9 Å². The first kappa shape index (κ1) is 17.2. The van der Waals surface area contributed by atoms with Crippen LogP contribution in [0.5, 0.6) is 0 Å². The summed E-state index contributed by atoms with van der Waals surface area (Å²) in [5, 5.41) is 0.380. The Hall–Kier alpha value is -2.25. The van der Waals surface area contributed by atoms with Crippen molar-refractivity contribution >= 4 is 23.2 Å². The average Bonchev–Trinajstić information content (AvgIpc) is 2.64. The number of hydrogen-bond acceptors (Lipinski definition) is 5. The first-order valence-corrected chi connectivity index (χ1v) is 9.02. The van der Waals surface area contributed by atoms with Crippen molar-refractivity contribution in [2.45, 2.75) is 19.4 Å². The van der Waals surface area contributed by atoms with Gasteiger partial charge in [-0.05, 0) is 25.5 Å². The normalized spacial score (nSPS) is 23.3. The number of anilines is 1. The number of nitrogens with zero attached hydrogens (tertiary/aromatic N) is 5. The Balaban J connectivity index is 1.46. The molecule has 1 spiro atoms. The molecule has 2 aromatic rings. The highest BCUT2D eigenvalue weighted by atomic mass is 35.5. The monoisotopic (exact) mass is 373 g/mol. The molecule has 4 rings (SSSR count). The van der Waals surface area contributed by atoms with Gasteiger partial charge in [-0.15, -0.1) is 0 Å². The van der Waals surface area contributed by atoms with Crippen LogP contribution in [-0.2, 0) is 18.4 Å². The molecule has 0 aliphatic carbocycles. The molecule has 8 heteroatoms. The Labute approximate surface area is 156 Å². The predicted molar refractivity (Wildman–Crippen MR) is 98.0 cm³/mol. The molecule has 0 saturated carbocycles. The molecule has 2 aliphatic rings. The molecule has 2 aromatic heterocycles. The third kappa shape index (κ3) is 3.01. The maximum atomic E-state index is 12.9. The van der Waals surface area contributed by atoms with Crippen molar-refractivity contribution < 1.29 is 4.79 Å². The summed E-state index contributed by atoms with van der Waals surface area (Å²) < 4.78 is 1.50. The molecule has 0 radical (unpaired) electrons. The zero-order chi connectivity index (χ0) is 18.3. The van der Waals surface area contributed by atoms with Crippen LogP contribution in [0.4, 0.5) is 5.69 Å². The third-order valence-electron chi connectivity index (χ3n) is 5.26. The Bertz CT molecular complexity index is 897. The van der Waals surface area contributed by atoms with Crippen molar-refractivity contribution in [2.24, 2.45) is 12.5 Å². The van der Waals surface area contributed by atoms with Crippen LogP contribution in [-0.4, -0.2) is 45.0 Å². The lowest BCUT2D eigenvalue weighted by Gasteiger charge is -2.53. The topological polar surface area (TPSA) is 71.3 Å². The zero-order valence-corrected chi connectivity index (χ0v) is 15.3. The molecule has 0 N–H and O–H groups in total. The van der Waals surface area contributed by atoms with Crippen molar-refractivity contribution in [3.8, 4) is 0 Å². The number of carbonyl (C=O) groups excluding carboxylic acids is 1. The molecule has 0 aromatic carbocycles. The maximum Gasteiger partial charge on any atom is 0.250 e. The van der Waals surface area contributed by atoms with Crippen LogP contribution < -0.4 is 10.5 Å². The second-order valence-electron chi connectivity index (χ2n) is 7.15. The predicted octanol–water partition coefficient (Wildman–Crippen LogP) is 1.46. The van der Waals surface area contributed by atoms with Crippen LogP contribution in [0.15, 0.2) is 35.5 Å². The van der Waals surface area contributed by atoms with Crippen LogP contribution in [0.25, 0.3) is 0 Å². The lowest BCUT2D eigenvalue weighted by atomic mass is 9.72. The third-order valence-corrected chi connectivity index (χ3v) is 5.45. The van der Waals surface area contributed by atoms with E-state index >= 15 is 0 Å². The summed E-state index contributed by atoms with van der Waals surface area (Å²) in [4.78, 5) is 36.9. The summed E-state index contributed by atoms with van der Waals surface area (Å²) >= 11 is 5.79. The maximum absolute atomic E-state index is 12.9. The summed E-state index contributed by atoms with van der Waals surface area (Å²) in [7, 11) is 1.70. The van der Waals surface area contributed by atoms with Gasteiger partial charge in [0.1, 0.15) is 5.15 Å². The first-order valence-electron chi connectivity index (χ1n) is 8.64. The second kappa shape index (κ2) is 6.48. The number of aromatic nitrogens is 3. The van der Waals surface area contributed by atoms with E-state index < -0.39 is 0 Å². The summed E-state index contributed by atoms with van der Waals surface area (Å²) in [6.07, 6.45) is 6.83. The summed E-state index contributed by atoms with van der Waals surface area (Å²) in [5.74, 6) is 0.142. The van der Waals surface area contributed by atoms with Crippen molar-refractivity contribution in [2.75, 3.05) is 24.5 Å². The van der Waals surface area contributed by atoms with Gasteiger partial charge in [-0.2, -0.15) is 0 Å².